The molecule has 0 radical (unpaired) electrons. The monoisotopic (exact) mass is 527 g/mol. The Morgan fingerprint density at radius 1 is 1.24 bits per heavy atom. The van der Waals surface area contributed by atoms with Crippen molar-refractivity contribution in [1.29, 1.82) is 0 Å². The number of hydrogen-bond donors (Lipinski definition) is 2. The lowest BCUT2D eigenvalue weighted by molar-refractivity contribution is 0.0566. The minimum Gasteiger partial charge on any atom is -0.477 e. The second kappa shape index (κ2) is 11.2. The first-order chi connectivity index (χ1) is 17.7. The number of alkyl halides is 2. The van der Waals surface area contributed by atoms with Crippen LogP contribution in [0.4, 0.5) is 20.3 Å². The van der Waals surface area contributed by atoms with E-state index in [-0.39, 0.29) is 6.04 Å². The molecule has 1 atom stereocenters. The summed E-state index contributed by atoms with van der Waals surface area (Å²) < 4.78 is 33.7. The highest BCUT2D eigenvalue weighted by atomic mass is 35.5. The fourth-order valence-corrected chi connectivity index (χ4v) is 3.68. The molecule has 0 aliphatic carbocycles. The second-order valence-electron chi connectivity index (χ2n) is 8.17. The lowest BCUT2D eigenvalue weighted by Gasteiger charge is -2.17. The zero-order chi connectivity index (χ0) is 26.5. The summed E-state index contributed by atoms with van der Waals surface area (Å²) in [4.78, 5) is 12.7. The van der Waals surface area contributed by atoms with Gasteiger partial charge < -0.3 is 15.8 Å². The van der Waals surface area contributed by atoms with E-state index in [0.29, 0.717) is 62.8 Å². The highest BCUT2D eigenvalue weighted by Gasteiger charge is 2.20. The molecular formula is C24H24ClF2N9O. The van der Waals surface area contributed by atoms with Gasteiger partial charge in [-0.1, -0.05) is 23.4 Å². The van der Waals surface area contributed by atoms with Gasteiger partial charge in [0.15, 0.2) is 5.82 Å². The lowest BCUT2D eigenvalue weighted by atomic mass is 10.2. The highest BCUT2D eigenvalue weighted by Crippen LogP contribution is 2.31. The number of nitrogen functional groups attached to an aromatic ring is 1. The van der Waals surface area contributed by atoms with Crippen LogP contribution >= 0.6 is 11.6 Å². The molecule has 4 heterocycles. The van der Waals surface area contributed by atoms with Gasteiger partial charge in [-0.2, -0.15) is 19.0 Å². The number of halogens is 3. The quantitative estimate of drug-likeness (QED) is 0.260. The van der Waals surface area contributed by atoms with Crippen molar-refractivity contribution in [1.82, 2.24) is 34.5 Å². The smallest absolute Gasteiger partial charge is 0.333 e. The number of nitrogens with one attached hydrogen (secondary N) is 1. The molecule has 4 aromatic rings. The van der Waals surface area contributed by atoms with Crippen LogP contribution in [0.2, 0.25) is 5.15 Å². The zero-order valence-corrected chi connectivity index (χ0v) is 21.0. The van der Waals surface area contributed by atoms with Crippen LogP contribution in [0.1, 0.15) is 36.7 Å². The summed E-state index contributed by atoms with van der Waals surface area (Å²) in [5.74, 6) is 7.10. The topological polar surface area (TPSA) is 122 Å². The number of hydrogen-bond acceptors (Lipinski definition) is 8. The summed E-state index contributed by atoms with van der Waals surface area (Å²) in [6, 6.07) is 3.23. The Morgan fingerprint density at radius 2 is 2.05 bits per heavy atom. The summed E-state index contributed by atoms with van der Waals surface area (Å²) in [7, 11) is 1.79. The van der Waals surface area contributed by atoms with E-state index < -0.39 is 6.55 Å². The maximum atomic E-state index is 12.7. The van der Waals surface area contributed by atoms with Crippen LogP contribution in [-0.2, 0) is 7.05 Å². The number of ether oxygens (including phenoxy) is 1. The van der Waals surface area contributed by atoms with Gasteiger partial charge in [0, 0.05) is 38.1 Å². The van der Waals surface area contributed by atoms with Gasteiger partial charge in [0.2, 0.25) is 5.88 Å². The van der Waals surface area contributed by atoms with E-state index in [0.717, 1.165) is 5.69 Å². The predicted molar refractivity (Wildman–Crippen MR) is 135 cm³/mol. The van der Waals surface area contributed by atoms with Crippen molar-refractivity contribution in [2.24, 2.45) is 7.05 Å². The fraction of sp³-hybridized carbons (Fsp3) is 0.292. The molecule has 0 spiro atoms. The number of rotatable bonds is 8. The molecule has 4 aromatic heterocycles. The van der Waals surface area contributed by atoms with E-state index in [2.05, 4.69) is 42.3 Å². The van der Waals surface area contributed by atoms with Crippen LogP contribution < -0.4 is 15.8 Å². The molecular weight excluding hydrogens is 504 g/mol. The standard InChI is InChI=1S/C24H24ClF2N9O/c1-14(7-9-37-23-21(15(2)34-35(23)3)22-29-8-6-20(28)33-22)32-18-10-19(25)30-12-17(18)5-4-16-11-31-36(13-16)24(26)27/h6,8,10-14,24H,7,9H2,1-3H3,(H,30,32)(H2,28,29,33)/t14-/m0/s1. The van der Waals surface area contributed by atoms with Crippen molar-refractivity contribution < 1.29 is 13.5 Å². The molecule has 0 saturated heterocycles. The third kappa shape index (κ3) is 6.31. The summed E-state index contributed by atoms with van der Waals surface area (Å²) in [5, 5.41) is 11.7. The first kappa shape index (κ1) is 25.8. The highest BCUT2D eigenvalue weighted by molar-refractivity contribution is 6.29. The third-order valence-electron chi connectivity index (χ3n) is 5.28. The Kier molecular flexibility index (Phi) is 7.83. The molecule has 13 heteroatoms. The molecule has 10 nitrogen and oxygen atoms in total. The fourth-order valence-electron chi connectivity index (χ4n) is 3.52. The Balaban J connectivity index is 1.43. The van der Waals surface area contributed by atoms with Gasteiger partial charge in [0.05, 0.1) is 35.3 Å². The number of anilines is 2. The molecule has 0 bridgehead atoms. The first-order valence-corrected chi connectivity index (χ1v) is 11.6. The number of pyridine rings is 1. The van der Waals surface area contributed by atoms with Gasteiger partial charge in [0.1, 0.15) is 16.5 Å². The van der Waals surface area contributed by atoms with E-state index in [1.54, 1.807) is 30.1 Å². The van der Waals surface area contributed by atoms with E-state index in [1.165, 1.54) is 18.6 Å². The van der Waals surface area contributed by atoms with Crippen LogP contribution in [0.3, 0.4) is 0 Å². The Hall–Kier alpha value is -4.24. The summed E-state index contributed by atoms with van der Waals surface area (Å²) >= 11 is 6.10. The van der Waals surface area contributed by atoms with E-state index >= 15 is 0 Å². The average molecular weight is 528 g/mol. The second-order valence-corrected chi connectivity index (χ2v) is 8.55. The third-order valence-corrected chi connectivity index (χ3v) is 5.48. The minimum absolute atomic E-state index is 0.0398. The summed E-state index contributed by atoms with van der Waals surface area (Å²) in [5.41, 5.74) is 8.81. The molecule has 3 N–H and O–H groups in total. The molecule has 0 unspecified atom stereocenters. The number of nitrogens with two attached hydrogens (primary N) is 1. The van der Waals surface area contributed by atoms with Crippen LogP contribution in [0.15, 0.2) is 36.9 Å². The van der Waals surface area contributed by atoms with Gasteiger partial charge in [-0.3, -0.25) is 0 Å². The molecule has 0 amide bonds. The normalized spacial score (nSPS) is 11.8. The molecule has 37 heavy (non-hydrogen) atoms. The van der Waals surface area contributed by atoms with Crippen LogP contribution in [-0.4, -0.2) is 47.2 Å². The number of nitrogens with zero attached hydrogens (tertiary/aromatic N) is 7. The predicted octanol–water partition coefficient (Wildman–Crippen LogP) is 4.08. The van der Waals surface area contributed by atoms with E-state index in [4.69, 9.17) is 22.1 Å². The summed E-state index contributed by atoms with van der Waals surface area (Å²) in [6.07, 6.45) is 6.19. The molecule has 0 aliphatic heterocycles. The van der Waals surface area contributed by atoms with Gasteiger partial charge in [-0.15, -0.1) is 0 Å². The van der Waals surface area contributed by atoms with Crippen molar-refractivity contribution in [3.05, 3.63) is 58.9 Å². The van der Waals surface area contributed by atoms with Crippen molar-refractivity contribution in [3.8, 4) is 29.1 Å². The molecule has 4 rings (SSSR count). The van der Waals surface area contributed by atoms with Gasteiger partial charge in [-0.05, 0) is 26.0 Å². The minimum atomic E-state index is -2.72. The molecule has 192 valence electrons. The van der Waals surface area contributed by atoms with E-state index in [1.807, 2.05) is 13.8 Å². The average Bonchev–Trinajstić information content (AvgIpc) is 3.43. The van der Waals surface area contributed by atoms with Gasteiger partial charge >= 0.3 is 6.55 Å². The van der Waals surface area contributed by atoms with Gasteiger partial charge in [-0.25, -0.2) is 24.3 Å². The maximum absolute atomic E-state index is 12.7. The zero-order valence-electron chi connectivity index (χ0n) is 20.3. The largest absolute Gasteiger partial charge is 0.477 e. The molecule has 0 fully saturated rings. The van der Waals surface area contributed by atoms with Crippen molar-refractivity contribution in [3.63, 3.8) is 0 Å². The SMILES string of the molecule is Cc1nn(C)c(OCC[C@H](C)Nc2cc(Cl)ncc2C#Cc2cnn(C(F)F)c2)c1-c1nccc(N)n1. The van der Waals surface area contributed by atoms with Crippen LogP contribution in [0, 0.1) is 18.8 Å². The van der Waals surface area contributed by atoms with Crippen molar-refractivity contribution >= 4 is 23.1 Å². The first-order valence-electron chi connectivity index (χ1n) is 11.2. The van der Waals surface area contributed by atoms with Crippen molar-refractivity contribution in [2.75, 3.05) is 17.7 Å². The lowest BCUT2D eigenvalue weighted by Crippen LogP contribution is -2.19. The van der Waals surface area contributed by atoms with E-state index in [9.17, 15) is 8.78 Å². The number of aromatic nitrogens is 7. The molecule has 0 aromatic carbocycles. The van der Waals surface area contributed by atoms with Crippen molar-refractivity contribution in [2.45, 2.75) is 32.9 Å². The Bertz CT molecular complexity index is 1460. The maximum Gasteiger partial charge on any atom is 0.333 e. The Morgan fingerprint density at radius 3 is 2.78 bits per heavy atom. The Labute approximate surface area is 216 Å². The number of aryl methyl sites for hydroxylation is 2. The molecule has 0 aliphatic rings. The van der Waals surface area contributed by atoms with Crippen LogP contribution in [0.5, 0.6) is 5.88 Å². The molecule has 0 saturated carbocycles. The van der Waals surface area contributed by atoms with Gasteiger partial charge in [0.25, 0.3) is 0 Å². The van der Waals surface area contributed by atoms with Crippen LogP contribution in [0.25, 0.3) is 11.4 Å². The summed E-state index contributed by atoms with van der Waals surface area (Å²) in [6.45, 7) is 1.48.